The lowest BCUT2D eigenvalue weighted by Gasteiger charge is -2.05. The molecule has 0 radical (unpaired) electrons. The molecule has 0 aliphatic heterocycles. The second-order valence-corrected chi connectivity index (χ2v) is 3.47. The number of ether oxygens (including phenoxy) is 1. The number of hydrogen-bond acceptors (Lipinski definition) is 4. The molecule has 2 aromatic rings. The number of para-hydroxylation sites is 2. The van der Waals surface area contributed by atoms with E-state index in [2.05, 4.69) is 0 Å². The van der Waals surface area contributed by atoms with Crippen molar-refractivity contribution in [1.29, 1.82) is 5.26 Å². The summed E-state index contributed by atoms with van der Waals surface area (Å²) in [6.07, 6.45) is 0. The van der Waals surface area contributed by atoms with Crippen molar-refractivity contribution in [1.82, 2.24) is 0 Å². The minimum absolute atomic E-state index is 0.111. The zero-order valence-corrected chi connectivity index (χ0v) is 9.24. The van der Waals surface area contributed by atoms with E-state index in [9.17, 15) is 10.1 Å². The molecule has 0 unspecified atom stereocenters. The number of nitro benzene ring substituents is 1. The van der Waals surface area contributed by atoms with Crippen LogP contribution in [0.15, 0.2) is 48.5 Å². The molecule has 0 spiro atoms. The summed E-state index contributed by atoms with van der Waals surface area (Å²) >= 11 is 0. The van der Waals surface area contributed by atoms with Gasteiger partial charge >= 0.3 is 5.69 Å². The molecule has 0 bridgehead atoms. The number of nitro groups is 1. The maximum absolute atomic E-state index is 10.8. The Kier molecular flexibility index (Phi) is 3.21. The Morgan fingerprint density at radius 1 is 1.17 bits per heavy atom. The summed E-state index contributed by atoms with van der Waals surface area (Å²) in [5.41, 5.74) is 0.325. The van der Waals surface area contributed by atoms with Crippen molar-refractivity contribution in [2.45, 2.75) is 0 Å². The number of nitrogens with zero attached hydrogens (tertiary/aromatic N) is 2. The van der Waals surface area contributed by atoms with Crippen LogP contribution in [0.4, 0.5) is 5.69 Å². The monoisotopic (exact) mass is 240 g/mol. The van der Waals surface area contributed by atoms with Gasteiger partial charge in [0.2, 0.25) is 5.75 Å². The highest BCUT2D eigenvalue weighted by molar-refractivity contribution is 5.48. The fourth-order valence-corrected chi connectivity index (χ4v) is 1.45. The molecule has 2 rings (SSSR count). The summed E-state index contributed by atoms with van der Waals surface area (Å²) in [4.78, 5) is 10.3. The van der Waals surface area contributed by atoms with Crippen LogP contribution in [0.25, 0.3) is 0 Å². The zero-order chi connectivity index (χ0) is 13.0. The van der Waals surface area contributed by atoms with Gasteiger partial charge in [-0.15, -0.1) is 0 Å². The Balaban J connectivity index is 2.34. The van der Waals surface area contributed by atoms with Crippen LogP contribution in [0.2, 0.25) is 0 Å². The van der Waals surface area contributed by atoms with Crippen molar-refractivity contribution in [2.75, 3.05) is 0 Å². The first-order valence-electron chi connectivity index (χ1n) is 5.12. The predicted octanol–water partition coefficient (Wildman–Crippen LogP) is 3.26. The molecule has 2 aromatic carbocycles. The van der Waals surface area contributed by atoms with Gasteiger partial charge in [0, 0.05) is 6.07 Å². The molecule has 18 heavy (non-hydrogen) atoms. The van der Waals surface area contributed by atoms with Crippen LogP contribution in [0.3, 0.4) is 0 Å². The normalized spacial score (nSPS) is 9.50. The number of rotatable bonds is 3. The first-order chi connectivity index (χ1) is 8.70. The first-order valence-corrected chi connectivity index (χ1v) is 5.12. The van der Waals surface area contributed by atoms with Crippen LogP contribution < -0.4 is 4.74 Å². The van der Waals surface area contributed by atoms with E-state index in [0.717, 1.165) is 0 Å². The minimum Gasteiger partial charge on any atom is -0.450 e. The molecule has 0 saturated carbocycles. The van der Waals surface area contributed by atoms with Gasteiger partial charge in [0.05, 0.1) is 16.6 Å². The van der Waals surface area contributed by atoms with Gasteiger partial charge in [-0.3, -0.25) is 10.1 Å². The standard InChI is InChI=1S/C13H8N2O3/c14-9-10-4-3-5-11(8-10)18-13-7-2-1-6-12(13)15(16)17/h1-8H. The highest BCUT2D eigenvalue weighted by Gasteiger charge is 2.14. The van der Waals surface area contributed by atoms with Crippen molar-refractivity contribution >= 4 is 5.69 Å². The lowest BCUT2D eigenvalue weighted by Crippen LogP contribution is -1.93. The second-order valence-electron chi connectivity index (χ2n) is 3.47. The van der Waals surface area contributed by atoms with Crippen LogP contribution in [-0.4, -0.2) is 4.92 Å². The molecular formula is C13H8N2O3. The van der Waals surface area contributed by atoms with Gasteiger partial charge in [0.25, 0.3) is 0 Å². The van der Waals surface area contributed by atoms with Gasteiger partial charge in [-0.25, -0.2) is 0 Å². The molecule has 0 aliphatic carbocycles. The largest absolute Gasteiger partial charge is 0.450 e. The number of nitriles is 1. The number of hydrogen-bond donors (Lipinski definition) is 0. The summed E-state index contributed by atoms with van der Waals surface area (Å²) in [7, 11) is 0. The van der Waals surface area contributed by atoms with Crippen molar-refractivity contribution in [3.8, 4) is 17.6 Å². The highest BCUT2D eigenvalue weighted by Crippen LogP contribution is 2.30. The predicted molar refractivity (Wildman–Crippen MR) is 64.3 cm³/mol. The maximum Gasteiger partial charge on any atom is 0.311 e. The lowest BCUT2D eigenvalue weighted by molar-refractivity contribution is -0.385. The smallest absolute Gasteiger partial charge is 0.311 e. The molecule has 0 aliphatic rings. The molecule has 0 saturated heterocycles. The SMILES string of the molecule is N#Cc1cccc(Oc2ccccc2[N+](=O)[O-])c1. The fraction of sp³-hybridized carbons (Fsp3) is 0. The molecular weight excluding hydrogens is 232 g/mol. The maximum atomic E-state index is 10.8. The molecule has 0 fully saturated rings. The molecule has 0 aromatic heterocycles. The second kappa shape index (κ2) is 4.97. The molecule has 0 amide bonds. The van der Waals surface area contributed by atoms with E-state index in [4.69, 9.17) is 10.00 Å². The van der Waals surface area contributed by atoms with Gasteiger partial charge in [-0.2, -0.15) is 5.26 Å². The number of benzene rings is 2. The minimum atomic E-state index is -0.510. The lowest BCUT2D eigenvalue weighted by atomic mass is 10.2. The van der Waals surface area contributed by atoms with Crippen LogP contribution in [0.5, 0.6) is 11.5 Å². The quantitative estimate of drug-likeness (QED) is 0.609. The third kappa shape index (κ3) is 2.44. The highest BCUT2D eigenvalue weighted by atomic mass is 16.6. The molecule has 88 valence electrons. The van der Waals surface area contributed by atoms with Crippen molar-refractivity contribution < 1.29 is 9.66 Å². The van der Waals surface area contributed by atoms with Gasteiger partial charge in [-0.1, -0.05) is 18.2 Å². The van der Waals surface area contributed by atoms with Crippen LogP contribution in [-0.2, 0) is 0 Å². The van der Waals surface area contributed by atoms with Gasteiger partial charge in [-0.05, 0) is 24.3 Å². The van der Waals surface area contributed by atoms with E-state index in [1.54, 1.807) is 30.3 Å². The molecule has 5 nitrogen and oxygen atoms in total. The third-order valence-corrected chi connectivity index (χ3v) is 2.25. The van der Waals surface area contributed by atoms with E-state index in [1.165, 1.54) is 18.2 Å². The van der Waals surface area contributed by atoms with Crippen LogP contribution in [0.1, 0.15) is 5.56 Å². The molecule has 0 atom stereocenters. The Hall–Kier alpha value is -2.87. The van der Waals surface area contributed by atoms with E-state index >= 15 is 0 Å². The summed E-state index contributed by atoms with van der Waals surface area (Å²) in [5.74, 6) is 0.543. The summed E-state index contributed by atoms with van der Waals surface area (Å²) in [6, 6.07) is 14.5. The van der Waals surface area contributed by atoms with E-state index in [1.807, 2.05) is 6.07 Å². The Morgan fingerprint density at radius 2 is 1.94 bits per heavy atom. The van der Waals surface area contributed by atoms with Crippen molar-refractivity contribution in [3.05, 3.63) is 64.2 Å². The average molecular weight is 240 g/mol. The van der Waals surface area contributed by atoms with E-state index in [-0.39, 0.29) is 11.4 Å². The van der Waals surface area contributed by atoms with E-state index in [0.29, 0.717) is 11.3 Å². The topological polar surface area (TPSA) is 76.2 Å². The summed E-state index contributed by atoms with van der Waals surface area (Å²) in [6.45, 7) is 0. The van der Waals surface area contributed by atoms with Crippen LogP contribution in [0, 0.1) is 21.4 Å². The Bertz CT molecular complexity index is 632. The van der Waals surface area contributed by atoms with Gasteiger partial charge < -0.3 is 4.74 Å². The molecule has 0 N–H and O–H groups in total. The zero-order valence-electron chi connectivity index (χ0n) is 9.24. The van der Waals surface area contributed by atoms with Crippen LogP contribution >= 0.6 is 0 Å². The summed E-state index contributed by atoms with van der Waals surface area (Å²) < 4.78 is 5.42. The first kappa shape index (κ1) is 11.6. The van der Waals surface area contributed by atoms with Crippen molar-refractivity contribution in [2.24, 2.45) is 0 Å². The molecule has 5 heteroatoms. The third-order valence-electron chi connectivity index (χ3n) is 2.25. The Morgan fingerprint density at radius 3 is 2.67 bits per heavy atom. The average Bonchev–Trinajstić information content (AvgIpc) is 2.39. The molecule has 0 heterocycles. The summed E-state index contributed by atoms with van der Waals surface area (Å²) in [5, 5.41) is 19.6. The Labute approximate surface area is 103 Å². The van der Waals surface area contributed by atoms with Gasteiger partial charge in [0.1, 0.15) is 5.75 Å². The van der Waals surface area contributed by atoms with E-state index < -0.39 is 4.92 Å². The fourth-order valence-electron chi connectivity index (χ4n) is 1.45. The van der Waals surface area contributed by atoms with Crippen molar-refractivity contribution in [3.63, 3.8) is 0 Å². The van der Waals surface area contributed by atoms with Gasteiger partial charge in [0.15, 0.2) is 0 Å².